The molecule has 2 heterocycles. The number of esters is 1. The summed E-state index contributed by atoms with van der Waals surface area (Å²) < 4.78 is 87.1. The van der Waals surface area contributed by atoms with Crippen LogP contribution < -0.4 is 0 Å². The number of benzene rings is 2. The second-order valence-electron chi connectivity index (χ2n) is 7.44. The summed E-state index contributed by atoms with van der Waals surface area (Å²) >= 11 is 0. The van der Waals surface area contributed by atoms with Crippen molar-refractivity contribution in [2.75, 3.05) is 6.61 Å². The molecule has 0 saturated heterocycles. The summed E-state index contributed by atoms with van der Waals surface area (Å²) in [4.78, 5) is 16.7. The van der Waals surface area contributed by atoms with Gasteiger partial charge in [0.1, 0.15) is 6.07 Å². The van der Waals surface area contributed by atoms with Crippen LogP contribution in [-0.4, -0.2) is 27.3 Å². The number of fused-ring (bicyclic) bond motifs is 1. The lowest BCUT2D eigenvalue weighted by Crippen LogP contribution is -2.13. The molecule has 4 aromatic rings. The molecule has 0 N–H and O–H groups in total. The standard InChI is InChI=1S/C24H14F6N4O2/c1-2-36-22(35)20-17-10-13(12-31)19(32-21(17)34(33-20)15-6-4-3-5-7-15)16-9-8-14(23(25,26)27)11-18(16)24(28,29)30/h3-11H,2H2,1H3. The first-order valence-corrected chi connectivity index (χ1v) is 10.3. The average molecular weight is 504 g/mol. The number of rotatable bonds is 4. The Kier molecular flexibility index (Phi) is 6.17. The van der Waals surface area contributed by atoms with Gasteiger partial charge in [0.25, 0.3) is 0 Å². The Labute approximate surface area is 199 Å². The summed E-state index contributed by atoms with van der Waals surface area (Å²) in [5, 5.41) is 13.9. The van der Waals surface area contributed by atoms with Crippen molar-refractivity contribution in [1.82, 2.24) is 14.8 Å². The molecule has 4 rings (SSSR count). The Morgan fingerprint density at radius 3 is 2.31 bits per heavy atom. The number of halogens is 6. The summed E-state index contributed by atoms with van der Waals surface area (Å²) in [6.07, 6.45) is -10.2. The van der Waals surface area contributed by atoms with Gasteiger partial charge in [0.15, 0.2) is 11.3 Å². The molecule has 0 saturated carbocycles. The molecule has 0 fully saturated rings. The second kappa shape index (κ2) is 8.99. The molecular formula is C24H14F6N4O2. The van der Waals surface area contributed by atoms with Crippen LogP contribution in [0.25, 0.3) is 28.0 Å². The van der Waals surface area contributed by atoms with E-state index in [0.717, 1.165) is 6.07 Å². The van der Waals surface area contributed by atoms with Gasteiger partial charge in [-0.2, -0.15) is 36.7 Å². The first-order chi connectivity index (χ1) is 17.0. The molecule has 184 valence electrons. The van der Waals surface area contributed by atoms with Crippen molar-refractivity contribution >= 4 is 17.0 Å². The molecule has 0 aliphatic carbocycles. The lowest BCUT2D eigenvalue weighted by atomic mass is 9.97. The maximum Gasteiger partial charge on any atom is 0.417 e. The minimum absolute atomic E-state index is 0.00956. The lowest BCUT2D eigenvalue weighted by molar-refractivity contribution is -0.142. The Hall–Kier alpha value is -4.40. The van der Waals surface area contributed by atoms with E-state index in [9.17, 15) is 36.4 Å². The first-order valence-electron chi connectivity index (χ1n) is 10.3. The second-order valence-corrected chi connectivity index (χ2v) is 7.44. The zero-order chi connectivity index (χ0) is 26.3. The normalized spacial score (nSPS) is 11.9. The molecule has 2 aromatic carbocycles. The van der Waals surface area contributed by atoms with Gasteiger partial charge < -0.3 is 4.74 Å². The quantitative estimate of drug-likeness (QED) is 0.245. The summed E-state index contributed by atoms with van der Waals surface area (Å²) in [7, 11) is 0. The van der Waals surface area contributed by atoms with Crippen molar-refractivity contribution in [2.45, 2.75) is 19.3 Å². The highest BCUT2D eigenvalue weighted by Crippen LogP contribution is 2.42. The van der Waals surface area contributed by atoms with Crippen LogP contribution in [0, 0.1) is 11.3 Å². The van der Waals surface area contributed by atoms with Crippen molar-refractivity contribution in [2.24, 2.45) is 0 Å². The van der Waals surface area contributed by atoms with Crippen LogP contribution in [0.2, 0.25) is 0 Å². The Morgan fingerprint density at radius 1 is 1.03 bits per heavy atom. The third-order valence-electron chi connectivity index (χ3n) is 5.16. The van der Waals surface area contributed by atoms with E-state index in [0.29, 0.717) is 17.8 Å². The number of alkyl halides is 6. The van der Waals surface area contributed by atoms with E-state index >= 15 is 0 Å². The third-order valence-corrected chi connectivity index (χ3v) is 5.16. The minimum atomic E-state index is -5.18. The fraction of sp³-hybridized carbons (Fsp3) is 0.167. The summed E-state index contributed by atoms with van der Waals surface area (Å²) in [6, 6.07) is 12.1. The smallest absolute Gasteiger partial charge is 0.417 e. The van der Waals surface area contributed by atoms with Gasteiger partial charge in [-0.1, -0.05) is 24.3 Å². The number of hydrogen-bond acceptors (Lipinski definition) is 5. The highest BCUT2D eigenvalue weighted by atomic mass is 19.4. The van der Waals surface area contributed by atoms with E-state index in [2.05, 4.69) is 10.1 Å². The number of nitrogens with zero attached hydrogens (tertiary/aromatic N) is 4. The number of carbonyl (C=O) groups is 1. The fourth-order valence-corrected chi connectivity index (χ4v) is 3.59. The highest BCUT2D eigenvalue weighted by Gasteiger charge is 2.39. The van der Waals surface area contributed by atoms with Crippen LogP contribution in [0.5, 0.6) is 0 Å². The van der Waals surface area contributed by atoms with Crippen LogP contribution in [0.4, 0.5) is 26.3 Å². The molecule has 2 aromatic heterocycles. The van der Waals surface area contributed by atoms with Gasteiger partial charge >= 0.3 is 18.3 Å². The van der Waals surface area contributed by atoms with Gasteiger partial charge in [0.05, 0.1) is 40.1 Å². The molecule has 0 radical (unpaired) electrons. The van der Waals surface area contributed by atoms with Crippen molar-refractivity contribution < 1.29 is 35.9 Å². The monoisotopic (exact) mass is 504 g/mol. The summed E-state index contributed by atoms with van der Waals surface area (Å²) in [6.45, 7) is 1.57. The van der Waals surface area contributed by atoms with Gasteiger partial charge in [-0.15, -0.1) is 0 Å². The van der Waals surface area contributed by atoms with Crippen LogP contribution >= 0.6 is 0 Å². The van der Waals surface area contributed by atoms with E-state index in [1.165, 1.54) is 4.68 Å². The molecule has 0 bridgehead atoms. The van der Waals surface area contributed by atoms with Crippen LogP contribution in [-0.2, 0) is 17.1 Å². The van der Waals surface area contributed by atoms with Gasteiger partial charge in [-0.3, -0.25) is 0 Å². The summed E-state index contributed by atoms with van der Waals surface area (Å²) in [5.41, 5.74) is -4.68. The number of nitriles is 1. The third kappa shape index (κ3) is 4.47. The SMILES string of the molecule is CCOC(=O)c1nn(-c2ccccc2)c2nc(-c3ccc(C(F)(F)F)cc3C(F)(F)F)c(C#N)cc12. The van der Waals surface area contributed by atoms with Crippen LogP contribution in [0.1, 0.15) is 34.1 Å². The van der Waals surface area contributed by atoms with Crippen LogP contribution in [0.3, 0.4) is 0 Å². The molecule has 36 heavy (non-hydrogen) atoms. The first kappa shape index (κ1) is 24.7. The molecular weight excluding hydrogens is 490 g/mol. The average Bonchev–Trinajstić information content (AvgIpc) is 3.21. The van der Waals surface area contributed by atoms with E-state index < -0.39 is 46.3 Å². The number of hydrogen-bond donors (Lipinski definition) is 0. The van der Waals surface area contributed by atoms with Gasteiger partial charge in [-0.05, 0) is 37.3 Å². The molecule has 0 atom stereocenters. The van der Waals surface area contributed by atoms with E-state index in [1.54, 1.807) is 43.3 Å². The number of para-hydroxylation sites is 1. The molecule has 0 aliphatic heterocycles. The highest BCUT2D eigenvalue weighted by molar-refractivity contribution is 6.02. The Balaban J connectivity index is 2.07. The van der Waals surface area contributed by atoms with Gasteiger partial charge in [-0.25, -0.2) is 14.5 Å². The molecule has 0 unspecified atom stereocenters. The molecule has 0 spiro atoms. The van der Waals surface area contributed by atoms with Crippen molar-refractivity contribution in [3.63, 3.8) is 0 Å². The zero-order valence-electron chi connectivity index (χ0n) is 18.3. The fourth-order valence-electron chi connectivity index (χ4n) is 3.59. The molecule has 0 amide bonds. The van der Waals surface area contributed by atoms with Gasteiger partial charge in [0, 0.05) is 5.56 Å². The predicted octanol–water partition coefficient (Wildman–Crippen LogP) is 6.17. The van der Waals surface area contributed by atoms with Crippen LogP contribution in [0.15, 0.2) is 54.6 Å². The van der Waals surface area contributed by atoms with E-state index in [4.69, 9.17) is 4.74 Å². The van der Waals surface area contributed by atoms with E-state index in [1.807, 2.05) is 0 Å². The maximum atomic E-state index is 13.8. The maximum absolute atomic E-state index is 13.8. The van der Waals surface area contributed by atoms with E-state index in [-0.39, 0.29) is 29.4 Å². The number of pyridine rings is 1. The Morgan fingerprint density at radius 2 is 1.72 bits per heavy atom. The number of carbonyl (C=O) groups excluding carboxylic acids is 1. The number of ether oxygens (including phenoxy) is 1. The van der Waals surface area contributed by atoms with Crippen molar-refractivity contribution in [3.8, 4) is 23.0 Å². The largest absolute Gasteiger partial charge is 0.461 e. The lowest BCUT2D eigenvalue weighted by Gasteiger charge is -2.16. The molecule has 6 nitrogen and oxygen atoms in total. The minimum Gasteiger partial charge on any atom is -0.461 e. The van der Waals surface area contributed by atoms with Crippen molar-refractivity contribution in [1.29, 1.82) is 5.26 Å². The predicted molar refractivity (Wildman–Crippen MR) is 115 cm³/mol. The van der Waals surface area contributed by atoms with Crippen molar-refractivity contribution in [3.05, 3.63) is 77.0 Å². The molecule has 0 aliphatic rings. The van der Waals surface area contributed by atoms with Gasteiger partial charge in [0.2, 0.25) is 0 Å². The molecule has 12 heteroatoms. The zero-order valence-corrected chi connectivity index (χ0v) is 18.3. The summed E-state index contributed by atoms with van der Waals surface area (Å²) in [5.74, 6) is -0.846. The number of aromatic nitrogens is 3. The topological polar surface area (TPSA) is 80.8 Å². The Bertz CT molecular complexity index is 1500.